The van der Waals surface area contributed by atoms with E-state index in [1.165, 1.54) is 5.56 Å². The minimum atomic E-state index is -0.707. The molecule has 2 aromatic rings. The van der Waals surface area contributed by atoms with Crippen molar-refractivity contribution in [1.29, 1.82) is 0 Å². The highest BCUT2D eigenvalue weighted by atomic mass is 16.4. The van der Waals surface area contributed by atoms with Crippen LogP contribution in [-0.4, -0.2) is 15.6 Å². The van der Waals surface area contributed by atoms with Crippen molar-refractivity contribution in [3.63, 3.8) is 0 Å². The van der Waals surface area contributed by atoms with Crippen LogP contribution in [0.3, 0.4) is 0 Å². The van der Waals surface area contributed by atoms with E-state index in [2.05, 4.69) is 41.8 Å². The molecular weight excluding hydrogens is 250 g/mol. The number of fused-ring (bicyclic) bond motifs is 1. The van der Waals surface area contributed by atoms with Crippen molar-refractivity contribution in [2.24, 2.45) is 0 Å². The first kappa shape index (κ1) is 13.0. The summed E-state index contributed by atoms with van der Waals surface area (Å²) in [6, 6.07) is 12.5. The zero-order valence-corrected chi connectivity index (χ0v) is 11.7. The molecule has 0 spiro atoms. The van der Waals surface area contributed by atoms with Crippen molar-refractivity contribution in [2.75, 3.05) is 0 Å². The van der Waals surface area contributed by atoms with E-state index in [9.17, 15) is 9.90 Å². The fraction of sp³-hybridized carbons (Fsp3) is 0.353. The highest BCUT2D eigenvalue weighted by Crippen LogP contribution is 2.32. The fourth-order valence-corrected chi connectivity index (χ4v) is 3.03. The van der Waals surface area contributed by atoms with Crippen molar-refractivity contribution >= 4 is 5.97 Å². The summed E-state index contributed by atoms with van der Waals surface area (Å²) >= 11 is 0. The van der Waals surface area contributed by atoms with Crippen LogP contribution in [0.4, 0.5) is 0 Å². The minimum absolute atomic E-state index is 0.364. The number of carboxylic acid groups (broad SMARTS) is 1. The molecule has 1 aliphatic rings. The van der Waals surface area contributed by atoms with Gasteiger partial charge in [-0.15, -0.1) is 0 Å². The molecule has 0 saturated heterocycles. The van der Waals surface area contributed by atoms with Gasteiger partial charge in [0.15, 0.2) is 0 Å². The van der Waals surface area contributed by atoms with Crippen LogP contribution in [0.5, 0.6) is 0 Å². The van der Waals surface area contributed by atoms with Gasteiger partial charge in [0, 0.05) is 17.9 Å². The largest absolute Gasteiger partial charge is 0.481 e. The first-order valence-electron chi connectivity index (χ1n) is 7.16. The van der Waals surface area contributed by atoms with E-state index in [1.54, 1.807) is 0 Å². The second-order valence-electron chi connectivity index (χ2n) is 5.55. The lowest BCUT2D eigenvalue weighted by atomic mass is 10.0. The van der Waals surface area contributed by atoms with Gasteiger partial charge in [0.25, 0.3) is 0 Å². The number of aryl methyl sites for hydroxylation is 1. The lowest BCUT2D eigenvalue weighted by Crippen LogP contribution is -2.14. The number of carboxylic acids is 1. The zero-order valence-electron chi connectivity index (χ0n) is 11.7. The SMILES string of the molecule is Cc1ccc(-c2ccc3n2CCCCC3C(=O)O)cc1. The summed E-state index contributed by atoms with van der Waals surface area (Å²) < 4.78 is 2.19. The second-order valence-corrected chi connectivity index (χ2v) is 5.55. The van der Waals surface area contributed by atoms with Gasteiger partial charge < -0.3 is 9.67 Å². The van der Waals surface area contributed by atoms with Crippen LogP contribution in [0.1, 0.15) is 36.4 Å². The third kappa shape index (κ3) is 2.24. The topological polar surface area (TPSA) is 42.2 Å². The number of benzene rings is 1. The van der Waals surface area contributed by atoms with Crippen LogP contribution in [0.25, 0.3) is 11.3 Å². The molecule has 3 rings (SSSR count). The fourth-order valence-electron chi connectivity index (χ4n) is 3.03. The summed E-state index contributed by atoms with van der Waals surface area (Å²) in [7, 11) is 0. The number of aromatic nitrogens is 1. The Hall–Kier alpha value is -2.03. The molecule has 104 valence electrons. The summed E-state index contributed by atoms with van der Waals surface area (Å²) in [4.78, 5) is 11.4. The van der Waals surface area contributed by atoms with Gasteiger partial charge in [-0.25, -0.2) is 0 Å². The van der Waals surface area contributed by atoms with Gasteiger partial charge >= 0.3 is 5.97 Å². The van der Waals surface area contributed by atoms with E-state index in [0.717, 1.165) is 42.8 Å². The molecule has 1 aromatic carbocycles. The third-order valence-corrected chi connectivity index (χ3v) is 4.14. The van der Waals surface area contributed by atoms with Crippen molar-refractivity contribution in [1.82, 2.24) is 4.57 Å². The van der Waals surface area contributed by atoms with E-state index >= 15 is 0 Å². The molecule has 2 heterocycles. The predicted octanol–water partition coefficient (Wildman–Crippen LogP) is 3.82. The van der Waals surface area contributed by atoms with E-state index in [1.807, 2.05) is 6.07 Å². The van der Waals surface area contributed by atoms with Crippen LogP contribution in [-0.2, 0) is 11.3 Å². The molecule has 1 aromatic heterocycles. The Bertz CT molecular complexity index is 625. The molecule has 0 bridgehead atoms. The Labute approximate surface area is 118 Å². The standard InChI is InChI=1S/C17H19NO2/c1-12-5-7-13(8-6-12)15-9-10-16-14(17(19)20)4-2-3-11-18(15)16/h5-10,14H,2-4,11H2,1H3,(H,19,20). The molecule has 0 saturated carbocycles. The van der Waals surface area contributed by atoms with Gasteiger partial charge in [-0.1, -0.05) is 36.2 Å². The molecule has 1 N–H and O–H groups in total. The molecule has 1 unspecified atom stereocenters. The lowest BCUT2D eigenvalue weighted by Gasteiger charge is -2.14. The molecule has 0 fully saturated rings. The van der Waals surface area contributed by atoms with E-state index in [4.69, 9.17) is 0 Å². The first-order chi connectivity index (χ1) is 9.66. The summed E-state index contributed by atoms with van der Waals surface area (Å²) in [5, 5.41) is 9.41. The molecule has 0 aliphatic carbocycles. The van der Waals surface area contributed by atoms with Gasteiger partial charge in [0.1, 0.15) is 0 Å². The number of carbonyl (C=O) groups is 1. The Kier molecular flexibility index (Phi) is 3.35. The Morgan fingerprint density at radius 3 is 2.60 bits per heavy atom. The Morgan fingerprint density at radius 2 is 1.90 bits per heavy atom. The predicted molar refractivity (Wildman–Crippen MR) is 78.8 cm³/mol. The van der Waals surface area contributed by atoms with E-state index in [-0.39, 0.29) is 5.92 Å². The summed E-state index contributed by atoms with van der Waals surface area (Å²) in [5.74, 6) is -1.07. The molecule has 3 nitrogen and oxygen atoms in total. The molecule has 20 heavy (non-hydrogen) atoms. The maximum absolute atomic E-state index is 11.4. The number of hydrogen-bond donors (Lipinski definition) is 1. The number of nitrogens with zero attached hydrogens (tertiary/aromatic N) is 1. The van der Waals surface area contributed by atoms with E-state index < -0.39 is 5.97 Å². The van der Waals surface area contributed by atoms with Crippen LogP contribution in [0.2, 0.25) is 0 Å². The minimum Gasteiger partial charge on any atom is -0.481 e. The average molecular weight is 269 g/mol. The van der Waals surface area contributed by atoms with Crippen molar-refractivity contribution < 1.29 is 9.90 Å². The maximum atomic E-state index is 11.4. The van der Waals surface area contributed by atoms with E-state index in [0.29, 0.717) is 0 Å². The van der Waals surface area contributed by atoms with Crippen molar-refractivity contribution in [3.05, 3.63) is 47.7 Å². The van der Waals surface area contributed by atoms with Gasteiger partial charge in [-0.05, 0) is 37.5 Å². The Balaban J connectivity index is 2.07. The van der Waals surface area contributed by atoms with Crippen LogP contribution < -0.4 is 0 Å². The molecule has 3 heteroatoms. The molecule has 1 aliphatic heterocycles. The lowest BCUT2D eigenvalue weighted by molar-refractivity contribution is -0.139. The Morgan fingerprint density at radius 1 is 1.15 bits per heavy atom. The second kappa shape index (κ2) is 5.16. The average Bonchev–Trinajstić information content (AvgIpc) is 2.72. The van der Waals surface area contributed by atoms with Crippen LogP contribution in [0, 0.1) is 6.92 Å². The zero-order chi connectivity index (χ0) is 14.1. The molecular formula is C17H19NO2. The summed E-state index contributed by atoms with van der Waals surface area (Å²) in [5.41, 5.74) is 4.48. The normalized spacial score (nSPS) is 18.4. The number of rotatable bonds is 2. The third-order valence-electron chi connectivity index (χ3n) is 4.14. The number of aliphatic carboxylic acids is 1. The van der Waals surface area contributed by atoms with Crippen molar-refractivity contribution in [3.8, 4) is 11.3 Å². The molecule has 0 amide bonds. The highest BCUT2D eigenvalue weighted by molar-refractivity contribution is 5.76. The van der Waals surface area contributed by atoms with Gasteiger partial charge in [0.05, 0.1) is 5.92 Å². The smallest absolute Gasteiger partial charge is 0.312 e. The van der Waals surface area contributed by atoms with Crippen LogP contribution >= 0.6 is 0 Å². The van der Waals surface area contributed by atoms with Gasteiger partial charge in [-0.3, -0.25) is 4.79 Å². The van der Waals surface area contributed by atoms with Gasteiger partial charge in [0.2, 0.25) is 0 Å². The number of hydrogen-bond acceptors (Lipinski definition) is 1. The summed E-state index contributed by atoms with van der Waals surface area (Å²) in [6.07, 6.45) is 2.77. The quantitative estimate of drug-likeness (QED) is 0.900. The summed E-state index contributed by atoms with van der Waals surface area (Å²) in [6.45, 7) is 2.98. The first-order valence-corrected chi connectivity index (χ1v) is 7.16. The molecule has 1 atom stereocenters. The molecule has 0 radical (unpaired) electrons. The van der Waals surface area contributed by atoms with Gasteiger partial charge in [-0.2, -0.15) is 0 Å². The maximum Gasteiger partial charge on any atom is 0.312 e. The monoisotopic (exact) mass is 269 g/mol. The highest BCUT2D eigenvalue weighted by Gasteiger charge is 2.26. The van der Waals surface area contributed by atoms with Crippen molar-refractivity contribution in [2.45, 2.75) is 38.6 Å². The van der Waals surface area contributed by atoms with Crippen LogP contribution in [0.15, 0.2) is 36.4 Å².